The van der Waals surface area contributed by atoms with Crippen LogP contribution in [0.1, 0.15) is 20.7 Å². The van der Waals surface area contributed by atoms with E-state index in [1.165, 1.54) is 48.5 Å². The summed E-state index contributed by atoms with van der Waals surface area (Å²) >= 11 is 5.81. The maximum Gasteiger partial charge on any atom is 0.335 e. The van der Waals surface area contributed by atoms with E-state index in [0.717, 1.165) is 0 Å². The van der Waals surface area contributed by atoms with Crippen molar-refractivity contribution in [3.63, 3.8) is 0 Å². The van der Waals surface area contributed by atoms with Gasteiger partial charge in [-0.05, 0) is 60.7 Å². The van der Waals surface area contributed by atoms with Gasteiger partial charge in [-0.1, -0.05) is 23.7 Å². The third kappa shape index (κ3) is 5.13. The molecule has 0 unspecified atom stereocenters. The van der Waals surface area contributed by atoms with Gasteiger partial charge in [0.15, 0.2) is 0 Å². The molecule has 3 aromatic rings. The number of nitrogens with one attached hydrogen (secondary N) is 2. The van der Waals surface area contributed by atoms with Gasteiger partial charge in [0.25, 0.3) is 15.9 Å². The summed E-state index contributed by atoms with van der Waals surface area (Å²) in [4.78, 5) is 23.3. The molecule has 0 aliphatic heterocycles. The molecule has 0 saturated heterocycles. The zero-order chi connectivity index (χ0) is 21.0. The lowest BCUT2D eigenvalue weighted by molar-refractivity contribution is 0.0696. The first-order valence-electron chi connectivity index (χ1n) is 8.28. The molecule has 0 bridgehead atoms. The number of aromatic carboxylic acids is 1. The number of carboxylic acid groups (broad SMARTS) is 1. The van der Waals surface area contributed by atoms with Gasteiger partial charge >= 0.3 is 5.97 Å². The summed E-state index contributed by atoms with van der Waals surface area (Å²) in [7, 11) is -4.03. The predicted molar refractivity (Wildman–Crippen MR) is 110 cm³/mol. The summed E-state index contributed by atoms with van der Waals surface area (Å²) in [6.07, 6.45) is 0. The normalized spacial score (nSPS) is 10.9. The first-order valence-corrected chi connectivity index (χ1v) is 10.1. The molecular weight excluding hydrogens is 416 g/mol. The van der Waals surface area contributed by atoms with Crippen LogP contribution in [0.5, 0.6) is 0 Å². The molecule has 9 heteroatoms. The number of sulfonamides is 1. The number of benzene rings is 3. The molecule has 0 aliphatic carbocycles. The van der Waals surface area contributed by atoms with Crippen LogP contribution in [-0.4, -0.2) is 25.4 Å². The number of carbonyl (C=O) groups is 2. The van der Waals surface area contributed by atoms with Crippen molar-refractivity contribution in [2.24, 2.45) is 0 Å². The van der Waals surface area contributed by atoms with E-state index in [1.807, 2.05) is 0 Å². The van der Waals surface area contributed by atoms with Crippen molar-refractivity contribution in [3.05, 3.63) is 88.9 Å². The Hall–Kier alpha value is -3.36. The van der Waals surface area contributed by atoms with Gasteiger partial charge in [0, 0.05) is 22.0 Å². The molecule has 3 rings (SSSR count). The standard InChI is InChI=1S/C20H15ClN2O5S/c21-15-7-9-16(10-8-15)22-19(24)13-3-2-6-18(12-13)29(27,28)23-17-5-1-4-14(11-17)20(25)26/h1-12,23H,(H,22,24)(H,25,26). The van der Waals surface area contributed by atoms with Crippen molar-refractivity contribution in [1.82, 2.24) is 0 Å². The minimum Gasteiger partial charge on any atom is -0.478 e. The lowest BCUT2D eigenvalue weighted by Crippen LogP contribution is -2.16. The second-order valence-electron chi connectivity index (χ2n) is 5.98. The Labute approximate surface area is 172 Å². The molecule has 0 atom stereocenters. The molecule has 0 heterocycles. The van der Waals surface area contributed by atoms with Crippen LogP contribution >= 0.6 is 11.6 Å². The van der Waals surface area contributed by atoms with Crippen LogP contribution in [0.15, 0.2) is 77.7 Å². The lowest BCUT2D eigenvalue weighted by Gasteiger charge is -2.10. The first kappa shape index (κ1) is 20.4. The lowest BCUT2D eigenvalue weighted by atomic mass is 10.2. The number of halogens is 1. The monoisotopic (exact) mass is 430 g/mol. The van der Waals surface area contributed by atoms with Crippen molar-refractivity contribution < 1.29 is 23.1 Å². The Morgan fingerprint density at radius 2 is 1.48 bits per heavy atom. The summed E-state index contributed by atoms with van der Waals surface area (Å²) in [6, 6.07) is 17.4. The Kier molecular flexibility index (Phi) is 5.86. The van der Waals surface area contributed by atoms with Crippen molar-refractivity contribution >= 4 is 44.9 Å². The molecule has 29 heavy (non-hydrogen) atoms. The topological polar surface area (TPSA) is 113 Å². The molecule has 3 aromatic carbocycles. The third-order valence-electron chi connectivity index (χ3n) is 3.87. The fourth-order valence-corrected chi connectivity index (χ4v) is 3.69. The maximum absolute atomic E-state index is 12.6. The Morgan fingerprint density at radius 3 is 2.17 bits per heavy atom. The molecular formula is C20H15ClN2O5S. The molecule has 1 amide bonds. The number of hydrogen-bond donors (Lipinski definition) is 3. The van der Waals surface area contributed by atoms with Gasteiger partial charge in [0.1, 0.15) is 0 Å². The van der Waals surface area contributed by atoms with Gasteiger partial charge in [-0.2, -0.15) is 0 Å². The second-order valence-corrected chi connectivity index (χ2v) is 8.10. The van der Waals surface area contributed by atoms with Crippen LogP contribution in [0, 0.1) is 0 Å². The Morgan fingerprint density at radius 1 is 0.828 bits per heavy atom. The van der Waals surface area contributed by atoms with E-state index in [4.69, 9.17) is 16.7 Å². The van der Waals surface area contributed by atoms with E-state index in [1.54, 1.807) is 24.3 Å². The van der Waals surface area contributed by atoms with Gasteiger partial charge in [-0.15, -0.1) is 0 Å². The molecule has 0 radical (unpaired) electrons. The molecule has 0 aliphatic rings. The summed E-state index contributed by atoms with van der Waals surface area (Å²) in [5.74, 6) is -1.66. The number of amides is 1. The quantitative estimate of drug-likeness (QED) is 0.545. The number of anilines is 2. The van der Waals surface area contributed by atoms with Crippen LogP contribution < -0.4 is 10.0 Å². The minimum atomic E-state index is -4.03. The van der Waals surface area contributed by atoms with Crippen LogP contribution in [-0.2, 0) is 10.0 Å². The Bertz CT molecular complexity index is 1180. The van der Waals surface area contributed by atoms with E-state index >= 15 is 0 Å². The smallest absolute Gasteiger partial charge is 0.335 e. The highest BCUT2D eigenvalue weighted by Crippen LogP contribution is 2.20. The number of carboxylic acids is 1. The van der Waals surface area contributed by atoms with Gasteiger partial charge in [0.05, 0.1) is 10.5 Å². The minimum absolute atomic E-state index is 0.0544. The molecule has 0 fully saturated rings. The molecule has 0 spiro atoms. The van der Waals surface area contributed by atoms with Gasteiger partial charge in [-0.25, -0.2) is 13.2 Å². The molecule has 7 nitrogen and oxygen atoms in total. The number of carbonyl (C=O) groups excluding carboxylic acids is 1. The summed E-state index contributed by atoms with van der Waals surface area (Å²) < 4.78 is 27.6. The molecule has 148 valence electrons. The summed E-state index contributed by atoms with van der Waals surface area (Å²) in [5, 5.41) is 12.2. The fraction of sp³-hybridized carbons (Fsp3) is 0. The predicted octanol–water partition coefficient (Wildman–Crippen LogP) is 4.09. The van der Waals surface area contributed by atoms with Crippen molar-refractivity contribution in [2.45, 2.75) is 4.90 Å². The van der Waals surface area contributed by atoms with Crippen LogP contribution in [0.4, 0.5) is 11.4 Å². The van der Waals surface area contributed by atoms with E-state index < -0.39 is 21.9 Å². The number of hydrogen-bond acceptors (Lipinski definition) is 4. The summed E-state index contributed by atoms with van der Waals surface area (Å²) in [5.41, 5.74) is 0.695. The van der Waals surface area contributed by atoms with Crippen LogP contribution in [0.25, 0.3) is 0 Å². The van der Waals surface area contributed by atoms with E-state index in [-0.39, 0.29) is 21.7 Å². The van der Waals surface area contributed by atoms with Gasteiger partial charge in [0.2, 0.25) is 0 Å². The van der Waals surface area contributed by atoms with E-state index in [9.17, 15) is 18.0 Å². The van der Waals surface area contributed by atoms with Gasteiger partial charge in [-0.3, -0.25) is 9.52 Å². The fourth-order valence-electron chi connectivity index (χ4n) is 2.47. The highest BCUT2D eigenvalue weighted by molar-refractivity contribution is 7.92. The largest absolute Gasteiger partial charge is 0.478 e. The average Bonchev–Trinajstić information content (AvgIpc) is 2.69. The Balaban J connectivity index is 1.82. The SMILES string of the molecule is O=C(O)c1cccc(NS(=O)(=O)c2cccc(C(=O)Nc3ccc(Cl)cc3)c2)c1. The highest BCUT2D eigenvalue weighted by atomic mass is 35.5. The first-order chi connectivity index (χ1) is 13.7. The third-order valence-corrected chi connectivity index (χ3v) is 5.50. The molecule has 3 N–H and O–H groups in total. The zero-order valence-corrected chi connectivity index (χ0v) is 16.4. The number of rotatable bonds is 6. The van der Waals surface area contributed by atoms with Crippen molar-refractivity contribution in [2.75, 3.05) is 10.0 Å². The second kappa shape index (κ2) is 8.34. The summed E-state index contributed by atoms with van der Waals surface area (Å²) in [6.45, 7) is 0. The van der Waals surface area contributed by atoms with Crippen LogP contribution in [0.2, 0.25) is 5.02 Å². The van der Waals surface area contributed by atoms with Gasteiger partial charge < -0.3 is 10.4 Å². The average molecular weight is 431 g/mol. The molecule has 0 aromatic heterocycles. The van der Waals surface area contributed by atoms with E-state index in [2.05, 4.69) is 10.0 Å². The molecule has 0 saturated carbocycles. The van der Waals surface area contributed by atoms with Crippen molar-refractivity contribution in [1.29, 1.82) is 0 Å². The van der Waals surface area contributed by atoms with Crippen LogP contribution in [0.3, 0.4) is 0 Å². The van der Waals surface area contributed by atoms with Crippen molar-refractivity contribution in [3.8, 4) is 0 Å². The highest BCUT2D eigenvalue weighted by Gasteiger charge is 2.17. The maximum atomic E-state index is 12.6. The zero-order valence-electron chi connectivity index (χ0n) is 14.8. The van der Waals surface area contributed by atoms with E-state index in [0.29, 0.717) is 10.7 Å².